The summed E-state index contributed by atoms with van der Waals surface area (Å²) in [6, 6.07) is 4.68. The first-order valence-corrected chi connectivity index (χ1v) is 10.7. The molecule has 1 aromatic carbocycles. The van der Waals surface area contributed by atoms with Crippen molar-refractivity contribution >= 4 is 46.8 Å². The van der Waals surface area contributed by atoms with Crippen LogP contribution in [0.1, 0.15) is 31.2 Å². The molecule has 1 heterocycles. The molecule has 7 nitrogen and oxygen atoms in total. The molecule has 1 aliphatic carbocycles. The van der Waals surface area contributed by atoms with Gasteiger partial charge in [-0.1, -0.05) is 47.3 Å². The topological polar surface area (TPSA) is 98.9 Å². The number of hydrogen-bond donors (Lipinski definition) is 3. The Morgan fingerprint density at radius 3 is 2.53 bits per heavy atom. The van der Waals surface area contributed by atoms with E-state index in [0.717, 1.165) is 6.42 Å². The molecule has 1 aromatic rings. The van der Waals surface area contributed by atoms with Crippen molar-refractivity contribution < 1.29 is 14.7 Å². The van der Waals surface area contributed by atoms with E-state index in [-0.39, 0.29) is 24.4 Å². The molecule has 3 atom stereocenters. The molecular formula is C20H23Cl3N4O3. The predicted octanol–water partition coefficient (Wildman–Crippen LogP) is 4.30. The number of allylic oxidation sites excluding steroid dienone is 2. The van der Waals surface area contributed by atoms with Crippen LogP contribution in [0.5, 0.6) is 0 Å². The SMILES string of the molecule is NC1C=CC=C(Cl)N1NC(=O)C1CCCC(N(Cc2cc(Cl)cc(Cl)c2)C(=O)O)C1. The molecule has 4 N–H and O–H groups in total. The summed E-state index contributed by atoms with van der Waals surface area (Å²) >= 11 is 18.2. The van der Waals surface area contributed by atoms with Crippen LogP contribution in [0.15, 0.2) is 41.6 Å². The van der Waals surface area contributed by atoms with Gasteiger partial charge in [0, 0.05) is 28.5 Å². The molecule has 0 bridgehead atoms. The first-order valence-electron chi connectivity index (χ1n) is 9.58. The fraction of sp³-hybridized carbons (Fsp3) is 0.400. The summed E-state index contributed by atoms with van der Waals surface area (Å²) in [5, 5.41) is 12.4. The van der Waals surface area contributed by atoms with Crippen molar-refractivity contribution in [1.29, 1.82) is 0 Å². The third kappa shape index (κ3) is 5.60. The van der Waals surface area contributed by atoms with Crippen LogP contribution in [-0.2, 0) is 11.3 Å². The smallest absolute Gasteiger partial charge is 0.407 e. The van der Waals surface area contributed by atoms with Gasteiger partial charge in [-0.15, -0.1) is 0 Å². The van der Waals surface area contributed by atoms with Crippen molar-refractivity contribution in [2.75, 3.05) is 0 Å². The van der Waals surface area contributed by atoms with Crippen molar-refractivity contribution in [1.82, 2.24) is 15.3 Å². The maximum atomic E-state index is 12.8. The van der Waals surface area contributed by atoms with Crippen LogP contribution in [0, 0.1) is 5.92 Å². The minimum absolute atomic E-state index is 0.144. The lowest BCUT2D eigenvalue weighted by Gasteiger charge is -2.37. The lowest BCUT2D eigenvalue weighted by Crippen LogP contribution is -2.53. The standard InChI is InChI=1S/C20H23Cl3N4O3/c21-14-7-12(8-15(22)10-14)11-26(20(29)30)16-4-1-3-13(9-16)19(28)25-27-17(23)5-2-6-18(27)24/h2,5-8,10,13,16,18H,1,3-4,9,11,24H2,(H,25,28)(H,29,30). The molecule has 10 heteroatoms. The Morgan fingerprint density at radius 1 is 1.20 bits per heavy atom. The second-order valence-electron chi connectivity index (χ2n) is 7.42. The van der Waals surface area contributed by atoms with E-state index in [1.165, 1.54) is 9.91 Å². The van der Waals surface area contributed by atoms with Gasteiger partial charge >= 0.3 is 6.09 Å². The average molecular weight is 474 g/mol. The lowest BCUT2D eigenvalue weighted by molar-refractivity contribution is -0.131. The predicted molar refractivity (Wildman–Crippen MR) is 117 cm³/mol. The van der Waals surface area contributed by atoms with Crippen LogP contribution in [0.25, 0.3) is 0 Å². The molecule has 162 valence electrons. The van der Waals surface area contributed by atoms with Crippen LogP contribution >= 0.6 is 34.8 Å². The van der Waals surface area contributed by atoms with Gasteiger partial charge in [-0.25, -0.2) is 4.79 Å². The summed E-state index contributed by atoms with van der Waals surface area (Å²) in [4.78, 5) is 26.1. The van der Waals surface area contributed by atoms with Crippen LogP contribution in [0.4, 0.5) is 4.79 Å². The summed E-state index contributed by atoms with van der Waals surface area (Å²) in [5.41, 5.74) is 9.42. The number of nitrogens with one attached hydrogen (secondary N) is 1. The van der Waals surface area contributed by atoms with Crippen molar-refractivity contribution in [3.63, 3.8) is 0 Å². The molecule has 0 radical (unpaired) electrons. The summed E-state index contributed by atoms with van der Waals surface area (Å²) in [7, 11) is 0. The van der Waals surface area contributed by atoms with Gasteiger partial charge in [-0.2, -0.15) is 0 Å². The lowest BCUT2D eigenvalue weighted by atomic mass is 9.84. The molecular weight excluding hydrogens is 451 g/mol. The number of carbonyl (C=O) groups is 2. The molecule has 0 saturated heterocycles. The van der Waals surface area contributed by atoms with E-state index >= 15 is 0 Å². The van der Waals surface area contributed by atoms with Crippen LogP contribution in [-0.4, -0.2) is 39.2 Å². The molecule has 0 aromatic heterocycles. The molecule has 3 rings (SSSR count). The Balaban J connectivity index is 1.68. The zero-order chi connectivity index (χ0) is 21.8. The number of carbonyl (C=O) groups excluding carboxylic acids is 1. The summed E-state index contributed by atoms with van der Waals surface area (Å²) in [5.74, 6) is -0.579. The van der Waals surface area contributed by atoms with Crippen LogP contribution < -0.4 is 11.2 Å². The van der Waals surface area contributed by atoms with E-state index in [2.05, 4.69) is 5.43 Å². The fourth-order valence-electron chi connectivity index (χ4n) is 3.83. The Hall–Kier alpha value is -1.93. The largest absolute Gasteiger partial charge is 0.465 e. The third-order valence-corrected chi connectivity index (χ3v) is 6.02. The van der Waals surface area contributed by atoms with Crippen LogP contribution in [0.3, 0.4) is 0 Å². The number of nitrogens with zero attached hydrogens (tertiary/aromatic N) is 2. The van der Waals surface area contributed by atoms with Crippen molar-refractivity contribution in [2.45, 2.75) is 44.4 Å². The van der Waals surface area contributed by atoms with E-state index in [9.17, 15) is 14.7 Å². The number of amides is 2. The number of halogens is 3. The van der Waals surface area contributed by atoms with Gasteiger partial charge in [0.15, 0.2) is 0 Å². The number of benzene rings is 1. The summed E-state index contributed by atoms with van der Waals surface area (Å²) in [6.45, 7) is 0.144. The van der Waals surface area contributed by atoms with Crippen molar-refractivity contribution in [3.05, 3.63) is 57.2 Å². The molecule has 1 aliphatic heterocycles. The normalized spacial score (nSPS) is 23.7. The third-order valence-electron chi connectivity index (χ3n) is 5.28. The van der Waals surface area contributed by atoms with Gasteiger partial charge < -0.3 is 15.7 Å². The van der Waals surface area contributed by atoms with Gasteiger partial charge in [0.25, 0.3) is 0 Å². The molecule has 30 heavy (non-hydrogen) atoms. The first-order chi connectivity index (χ1) is 14.2. The van der Waals surface area contributed by atoms with Crippen molar-refractivity contribution in [2.24, 2.45) is 11.7 Å². The monoisotopic (exact) mass is 472 g/mol. The average Bonchev–Trinajstić information content (AvgIpc) is 2.68. The second kappa shape index (κ2) is 9.92. The molecule has 1 saturated carbocycles. The molecule has 1 fully saturated rings. The van der Waals surface area contributed by atoms with E-state index in [4.69, 9.17) is 40.5 Å². The number of carboxylic acid groups (broad SMARTS) is 1. The Bertz CT molecular complexity index is 857. The van der Waals surface area contributed by atoms with Crippen molar-refractivity contribution in [3.8, 4) is 0 Å². The first kappa shape index (κ1) is 22.7. The van der Waals surface area contributed by atoms with E-state index in [1.54, 1.807) is 36.4 Å². The highest BCUT2D eigenvalue weighted by molar-refractivity contribution is 6.34. The fourth-order valence-corrected chi connectivity index (χ4v) is 4.63. The second-order valence-corrected chi connectivity index (χ2v) is 8.68. The van der Waals surface area contributed by atoms with E-state index in [0.29, 0.717) is 40.0 Å². The zero-order valence-corrected chi connectivity index (χ0v) is 18.4. The molecule has 2 aliphatic rings. The van der Waals surface area contributed by atoms with Gasteiger partial charge in [-0.05, 0) is 55.2 Å². The van der Waals surface area contributed by atoms with E-state index < -0.39 is 12.3 Å². The molecule has 3 unspecified atom stereocenters. The highest BCUT2D eigenvalue weighted by Gasteiger charge is 2.34. The number of hydrogen-bond acceptors (Lipinski definition) is 4. The maximum absolute atomic E-state index is 12.8. The number of nitrogens with two attached hydrogens (primary N) is 1. The van der Waals surface area contributed by atoms with Gasteiger partial charge in [0.05, 0.1) is 0 Å². The van der Waals surface area contributed by atoms with Gasteiger partial charge in [-0.3, -0.25) is 15.2 Å². The number of rotatable bonds is 5. The Kier molecular flexibility index (Phi) is 7.52. The number of hydrazine groups is 1. The van der Waals surface area contributed by atoms with Crippen LogP contribution in [0.2, 0.25) is 10.0 Å². The molecule has 2 amide bonds. The van der Waals surface area contributed by atoms with Gasteiger partial charge in [0.2, 0.25) is 5.91 Å². The minimum Gasteiger partial charge on any atom is -0.465 e. The molecule has 0 spiro atoms. The summed E-state index contributed by atoms with van der Waals surface area (Å²) < 4.78 is 0. The Morgan fingerprint density at radius 2 is 1.90 bits per heavy atom. The highest BCUT2D eigenvalue weighted by Crippen LogP contribution is 2.30. The van der Waals surface area contributed by atoms with E-state index in [1.807, 2.05) is 0 Å². The Labute approximate surface area is 190 Å². The zero-order valence-electron chi connectivity index (χ0n) is 16.1. The minimum atomic E-state index is -1.05. The van der Waals surface area contributed by atoms with Gasteiger partial charge in [0.1, 0.15) is 11.3 Å². The quantitative estimate of drug-likeness (QED) is 0.554. The summed E-state index contributed by atoms with van der Waals surface area (Å²) in [6.07, 6.45) is 5.94. The maximum Gasteiger partial charge on any atom is 0.407 e. The highest BCUT2D eigenvalue weighted by atomic mass is 35.5.